The first-order valence-electron chi connectivity index (χ1n) is 6.24. The molecule has 4 nitrogen and oxygen atoms in total. The van der Waals surface area contributed by atoms with Crippen LogP contribution in [-0.2, 0) is 6.61 Å². The number of aryl methyl sites for hydroxylation is 1. The van der Waals surface area contributed by atoms with Crippen molar-refractivity contribution in [1.82, 2.24) is 0 Å². The number of ether oxygens (including phenoxy) is 1. The van der Waals surface area contributed by atoms with E-state index < -0.39 is 6.04 Å². The second-order valence-corrected chi connectivity index (χ2v) is 4.44. The summed E-state index contributed by atoms with van der Waals surface area (Å²) in [6.07, 6.45) is 0. The molecule has 0 radical (unpaired) electrons. The van der Waals surface area contributed by atoms with Crippen LogP contribution in [-0.4, -0.2) is 0 Å². The third-order valence-electron chi connectivity index (χ3n) is 2.96. The van der Waals surface area contributed by atoms with E-state index in [-0.39, 0.29) is 0 Å². The predicted molar refractivity (Wildman–Crippen MR) is 76.1 cm³/mol. The largest absolute Gasteiger partial charge is 0.489 e. The summed E-state index contributed by atoms with van der Waals surface area (Å²) in [4.78, 5) is 10.7. The molecule has 4 heteroatoms. The Morgan fingerprint density at radius 3 is 2.75 bits per heavy atom. The fourth-order valence-electron chi connectivity index (χ4n) is 1.95. The summed E-state index contributed by atoms with van der Waals surface area (Å²) in [7, 11) is 0. The molecule has 0 heterocycles. The van der Waals surface area contributed by atoms with Crippen molar-refractivity contribution in [3.63, 3.8) is 0 Å². The summed E-state index contributed by atoms with van der Waals surface area (Å²) in [5.41, 5.74) is 2.50. The average Bonchev–Trinajstić information content (AvgIpc) is 2.48. The van der Waals surface area contributed by atoms with Gasteiger partial charge in [-0.1, -0.05) is 36.4 Å². The topological polar surface area (TPSA) is 62.4 Å². The van der Waals surface area contributed by atoms with Gasteiger partial charge >= 0.3 is 0 Å². The van der Waals surface area contributed by atoms with Gasteiger partial charge in [-0.15, -0.1) is 4.91 Å². The van der Waals surface area contributed by atoms with Crippen molar-refractivity contribution in [2.24, 2.45) is 5.18 Å². The molecule has 2 rings (SSSR count). The molecule has 0 saturated heterocycles. The van der Waals surface area contributed by atoms with E-state index in [0.717, 1.165) is 16.9 Å². The molecular weight excluding hydrogens is 252 g/mol. The van der Waals surface area contributed by atoms with Gasteiger partial charge in [0.25, 0.3) is 0 Å². The van der Waals surface area contributed by atoms with Crippen molar-refractivity contribution in [2.45, 2.75) is 19.6 Å². The quantitative estimate of drug-likeness (QED) is 0.771. The summed E-state index contributed by atoms with van der Waals surface area (Å²) in [6.45, 7) is 2.29. The maximum absolute atomic E-state index is 10.7. The van der Waals surface area contributed by atoms with Crippen LogP contribution in [0.15, 0.2) is 53.7 Å². The Morgan fingerprint density at radius 2 is 2.05 bits per heavy atom. The fraction of sp³-hybridized carbons (Fsp3) is 0.188. The van der Waals surface area contributed by atoms with E-state index in [2.05, 4.69) is 5.18 Å². The molecule has 0 bridgehead atoms. The highest BCUT2D eigenvalue weighted by Gasteiger charge is 2.14. The van der Waals surface area contributed by atoms with Crippen LogP contribution in [0.5, 0.6) is 5.75 Å². The lowest BCUT2D eigenvalue weighted by atomic mass is 10.0. The zero-order valence-corrected chi connectivity index (χ0v) is 11.1. The Bertz CT molecular complexity index is 647. The van der Waals surface area contributed by atoms with Gasteiger partial charge in [0, 0.05) is 5.56 Å². The van der Waals surface area contributed by atoms with Crippen LogP contribution in [0.3, 0.4) is 0 Å². The maximum Gasteiger partial charge on any atom is 0.203 e. The third-order valence-corrected chi connectivity index (χ3v) is 2.96. The van der Waals surface area contributed by atoms with Gasteiger partial charge in [0.2, 0.25) is 6.04 Å². The molecule has 2 aromatic rings. The Balaban J connectivity index is 2.18. The van der Waals surface area contributed by atoms with Gasteiger partial charge in [0.15, 0.2) is 0 Å². The smallest absolute Gasteiger partial charge is 0.203 e. The standard InChI is InChI=1S/C16H14N2O2/c1-12-5-4-7-14(9-12)20-11-13-6-2-3-8-15(13)16(10-17)18-19/h2-9,16H,11H2,1H3. The summed E-state index contributed by atoms with van der Waals surface area (Å²) < 4.78 is 5.70. The number of hydrogen-bond donors (Lipinski definition) is 0. The van der Waals surface area contributed by atoms with Crippen LogP contribution in [0.1, 0.15) is 22.7 Å². The van der Waals surface area contributed by atoms with Crippen LogP contribution in [0, 0.1) is 23.2 Å². The van der Waals surface area contributed by atoms with Gasteiger partial charge in [-0.2, -0.15) is 5.26 Å². The number of nitriles is 1. The minimum atomic E-state index is -0.993. The minimum Gasteiger partial charge on any atom is -0.489 e. The lowest BCUT2D eigenvalue weighted by Crippen LogP contribution is -2.02. The molecule has 2 aromatic carbocycles. The Hall–Kier alpha value is -2.67. The van der Waals surface area contributed by atoms with Gasteiger partial charge in [-0.25, -0.2) is 0 Å². The molecule has 0 aliphatic carbocycles. The van der Waals surface area contributed by atoms with E-state index >= 15 is 0 Å². The highest BCUT2D eigenvalue weighted by molar-refractivity contribution is 5.34. The SMILES string of the molecule is Cc1cccc(OCc2ccccc2C(C#N)N=O)c1. The number of benzene rings is 2. The molecule has 0 amide bonds. The van der Waals surface area contributed by atoms with Crippen molar-refractivity contribution in [1.29, 1.82) is 5.26 Å². The van der Waals surface area contributed by atoms with Gasteiger partial charge in [0.05, 0.1) is 6.07 Å². The first kappa shape index (κ1) is 13.8. The Labute approximate surface area is 117 Å². The summed E-state index contributed by atoms with van der Waals surface area (Å²) in [6, 6.07) is 15.8. The molecule has 100 valence electrons. The molecule has 0 aliphatic rings. The van der Waals surface area contributed by atoms with Gasteiger partial charge in [0.1, 0.15) is 12.4 Å². The highest BCUT2D eigenvalue weighted by Crippen LogP contribution is 2.22. The van der Waals surface area contributed by atoms with Gasteiger partial charge < -0.3 is 4.74 Å². The number of nitrogens with zero attached hydrogens (tertiary/aromatic N) is 2. The monoisotopic (exact) mass is 266 g/mol. The van der Waals surface area contributed by atoms with Crippen molar-refractivity contribution < 1.29 is 4.74 Å². The molecule has 0 saturated carbocycles. The number of nitroso groups, excluding NO2 is 1. The van der Waals surface area contributed by atoms with E-state index in [4.69, 9.17) is 10.00 Å². The van der Waals surface area contributed by atoms with Crippen LogP contribution in [0.25, 0.3) is 0 Å². The summed E-state index contributed by atoms with van der Waals surface area (Å²) in [5.74, 6) is 0.757. The normalized spacial score (nSPS) is 11.4. The zero-order chi connectivity index (χ0) is 14.4. The third kappa shape index (κ3) is 3.21. The predicted octanol–water partition coefficient (Wildman–Crippen LogP) is 3.91. The lowest BCUT2D eigenvalue weighted by Gasteiger charge is -2.11. The van der Waals surface area contributed by atoms with Crippen molar-refractivity contribution in [3.05, 3.63) is 70.1 Å². The fourth-order valence-corrected chi connectivity index (χ4v) is 1.95. The highest BCUT2D eigenvalue weighted by atomic mass is 16.5. The van der Waals surface area contributed by atoms with Gasteiger partial charge in [-0.3, -0.25) is 0 Å². The molecule has 0 aliphatic heterocycles. The Kier molecular flexibility index (Phi) is 4.46. The average molecular weight is 266 g/mol. The van der Waals surface area contributed by atoms with Crippen LogP contribution in [0.4, 0.5) is 0 Å². The molecule has 1 unspecified atom stereocenters. The van der Waals surface area contributed by atoms with E-state index in [0.29, 0.717) is 12.2 Å². The second kappa shape index (κ2) is 6.48. The van der Waals surface area contributed by atoms with Gasteiger partial charge in [-0.05, 0) is 35.4 Å². The number of rotatable bonds is 5. The van der Waals surface area contributed by atoms with Crippen molar-refractivity contribution in [2.75, 3.05) is 0 Å². The minimum absolute atomic E-state index is 0.299. The van der Waals surface area contributed by atoms with E-state index in [1.165, 1.54) is 0 Å². The molecule has 1 atom stereocenters. The molecule has 0 N–H and O–H groups in total. The second-order valence-electron chi connectivity index (χ2n) is 4.44. The Morgan fingerprint density at radius 1 is 1.25 bits per heavy atom. The molecule has 0 fully saturated rings. The van der Waals surface area contributed by atoms with E-state index in [1.54, 1.807) is 12.1 Å². The molecule has 20 heavy (non-hydrogen) atoms. The van der Waals surface area contributed by atoms with Crippen molar-refractivity contribution in [3.8, 4) is 11.8 Å². The lowest BCUT2D eigenvalue weighted by molar-refractivity contribution is 0.304. The first-order valence-corrected chi connectivity index (χ1v) is 6.24. The maximum atomic E-state index is 10.7. The first-order chi connectivity index (χ1) is 9.74. The molecule has 0 aromatic heterocycles. The van der Waals surface area contributed by atoms with Crippen molar-refractivity contribution >= 4 is 0 Å². The summed E-state index contributed by atoms with van der Waals surface area (Å²) >= 11 is 0. The zero-order valence-electron chi connectivity index (χ0n) is 11.1. The van der Waals surface area contributed by atoms with Crippen LogP contribution < -0.4 is 4.74 Å². The van der Waals surface area contributed by atoms with E-state index in [9.17, 15) is 4.91 Å². The van der Waals surface area contributed by atoms with Crippen LogP contribution in [0.2, 0.25) is 0 Å². The number of hydrogen-bond acceptors (Lipinski definition) is 4. The molecule has 0 spiro atoms. The van der Waals surface area contributed by atoms with Crippen LogP contribution >= 0.6 is 0 Å². The molecular formula is C16H14N2O2. The van der Waals surface area contributed by atoms with E-state index in [1.807, 2.05) is 49.4 Å². The summed E-state index contributed by atoms with van der Waals surface area (Å²) in [5, 5.41) is 11.8.